The second kappa shape index (κ2) is 9.20. The van der Waals surface area contributed by atoms with Crippen molar-refractivity contribution in [2.75, 3.05) is 19.7 Å². The van der Waals surface area contributed by atoms with E-state index in [-0.39, 0.29) is 6.54 Å². The lowest BCUT2D eigenvalue weighted by Crippen LogP contribution is -2.29. The summed E-state index contributed by atoms with van der Waals surface area (Å²) in [5, 5.41) is 9.77. The molecule has 2 aliphatic rings. The normalized spacial score (nSPS) is 20.1. The smallest absolute Gasteiger partial charge is 0.323 e. The Morgan fingerprint density at radius 1 is 1.12 bits per heavy atom. The molecule has 5 rings (SSSR count). The molecule has 1 N–H and O–H groups in total. The summed E-state index contributed by atoms with van der Waals surface area (Å²) in [6.07, 6.45) is 6.42. The summed E-state index contributed by atoms with van der Waals surface area (Å²) < 4.78 is 13.0. The van der Waals surface area contributed by atoms with Crippen LogP contribution in [0.25, 0.3) is 10.2 Å². The molecule has 7 heteroatoms. The Balaban J connectivity index is 1.12. The topological polar surface area (TPSA) is 71.9 Å². The Kier molecular flexibility index (Phi) is 5.99. The molecule has 3 aromatic rings. The maximum absolute atomic E-state index is 11.1. The van der Waals surface area contributed by atoms with Gasteiger partial charge in [0, 0.05) is 18.2 Å². The summed E-state index contributed by atoms with van der Waals surface area (Å²) in [5.74, 6) is 1.83. The van der Waals surface area contributed by atoms with E-state index in [2.05, 4.69) is 11.1 Å². The molecule has 1 saturated heterocycles. The first kappa shape index (κ1) is 20.8. The number of fused-ring (bicyclic) bond motifs is 2. The van der Waals surface area contributed by atoms with E-state index in [0.717, 1.165) is 53.9 Å². The molecule has 2 atom stereocenters. The van der Waals surface area contributed by atoms with Crippen LogP contribution in [-0.2, 0) is 4.79 Å². The highest BCUT2D eigenvalue weighted by molar-refractivity contribution is 7.20. The highest BCUT2D eigenvalue weighted by Crippen LogP contribution is 2.41. The van der Waals surface area contributed by atoms with Crippen molar-refractivity contribution in [3.8, 4) is 16.7 Å². The number of hydrogen-bond donors (Lipinski definition) is 1. The fourth-order valence-corrected chi connectivity index (χ4v) is 5.65. The number of allylic oxidation sites excluding steroid dienone is 2. The number of thiazole rings is 1. The number of benzene rings is 2. The van der Waals surface area contributed by atoms with Gasteiger partial charge < -0.3 is 19.5 Å². The predicted molar refractivity (Wildman–Crippen MR) is 124 cm³/mol. The predicted octanol–water partition coefficient (Wildman–Crippen LogP) is 5.56. The van der Waals surface area contributed by atoms with E-state index < -0.39 is 5.97 Å². The van der Waals surface area contributed by atoms with Gasteiger partial charge in [-0.05, 0) is 68.0 Å². The Morgan fingerprint density at radius 3 is 2.75 bits per heavy atom. The molecular formula is C25H26N2O4S. The molecule has 32 heavy (non-hydrogen) atoms. The van der Waals surface area contributed by atoms with Crippen molar-refractivity contribution >= 4 is 27.5 Å². The van der Waals surface area contributed by atoms with Gasteiger partial charge in [0.05, 0.1) is 16.8 Å². The molecule has 0 saturated carbocycles. The van der Waals surface area contributed by atoms with E-state index in [4.69, 9.17) is 14.6 Å². The van der Waals surface area contributed by atoms with Gasteiger partial charge in [-0.1, -0.05) is 29.5 Å². The average Bonchev–Trinajstić information content (AvgIpc) is 3.39. The molecule has 2 unspecified atom stereocenters. The number of carboxylic acids is 1. The first-order chi connectivity index (χ1) is 15.7. The lowest BCUT2D eigenvalue weighted by Gasteiger charge is -2.30. The Morgan fingerprint density at radius 2 is 1.94 bits per heavy atom. The van der Waals surface area contributed by atoms with E-state index in [1.165, 1.54) is 17.0 Å². The third-order valence-corrected chi connectivity index (χ3v) is 7.22. The Hall–Kier alpha value is -3.06. The van der Waals surface area contributed by atoms with Gasteiger partial charge in [0.15, 0.2) is 0 Å². The van der Waals surface area contributed by atoms with Crippen LogP contribution in [0.2, 0.25) is 0 Å². The molecule has 2 heterocycles. The largest absolute Gasteiger partial charge is 0.494 e. The number of rotatable bonds is 8. The number of para-hydroxylation sites is 1. The van der Waals surface area contributed by atoms with Crippen LogP contribution in [-0.4, -0.2) is 40.7 Å². The molecule has 1 fully saturated rings. The zero-order chi connectivity index (χ0) is 21.9. The average molecular weight is 451 g/mol. The van der Waals surface area contributed by atoms with Crippen molar-refractivity contribution in [2.24, 2.45) is 11.8 Å². The van der Waals surface area contributed by atoms with Gasteiger partial charge in [-0.2, -0.15) is 0 Å². The number of carboxylic acid groups (broad SMARTS) is 1. The summed E-state index contributed by atoms with van der Waals surface area (Å²) in [5.41, 5.74) is 2.18. The van der Waals surface area contributed by atoms with E-state index >= 15 is 0 Å². The van der Waals surface area contributed by atoms with Crippen LogP contribution < -0.4 is 9.47 Å². The fourth-order valence-electron chi connectivity index (χ4n) is 4.82. The van der Waals surface area contributed by atoms with Crippen LogP contribution in [0, 0.1) is 11.8 Å². The van der Waals surface area contributed by atoms with Crippen molar-refractivity contribution in [2.45, 2.75) is 25.7 Å². The van der Waals surface area contributed by atoms with Crippen molar-refractivity contribution in [3.63, 3.8) is 0 Å². The maximum atomic E-state index is 11.1. The van der Waals surface area contributed by atoms with E-state index in [9.17, 15) is 4.79 Å². The summed E-state index contributed by atoms with van der Waals surface area (Å²) >= 11 is 1.53. The summed E-state index contributed by atoms with van der Waals surface area (Å²) in [6, 6.07) is 15.7. The quantitative estimate of drug-likeness (QED) is 0.485. The summed E-state index contributed by atoms with van der Waals surface area (Å²) in [4.78, 5) is 17.6. The highest BCUT2D eigenvalue weighted by atomic mass is 32.1. The zero-order valence-corrected chi connectivity index (χ0v) is 18.6. The van der Waals surface area contributed by atoms with Crippen molar-refractivity contribution in [1.29, 1.82) is 0 Å². The number of nitrogens with zero attached hydrogens (tertiary/aromatic N) is 2. The standard InChI is InChI=1S/C25H26N2O4S/c28-24(29)16-27-14-12-20-17(4-3-6-22(20)27)13-15-30-18-8-10-19(11-9-18)31-25-26-21-5-1-2-7-23(21)32-25/h1-2,5-11,17,20H,3-4,12-16H2,(H,28,29). The number of hydrogen-bond acceptors (Lipinski definition) is 6. The van der Waals surface area contributed by atoms with Crippen LogP contribution in [0.3, 0.4) is 0 Å². The van der Waals surface area contributed by atoms with Crippen molar-refractivity contribution < 1.29 is 19.4 Å². The van der Waals surface area contributed by atoms with Crippen LogP contribution in [0.4, 0.5) is 0 Å². The first-order valence-corrected chi connectivity index (χ1v) is 11.9. The van der Waals surface area contributed by atoms with Crippen LogP contribution in [0.15, 0.2) is 60.3 Å². The van der Waals surface area contributed by atoms with Gasteiger partial charge in [-0.15, -0.1) is 0 Å². The van der Waals surface area contributed by atoms with E-state index in [1.54, 1.807) is 0 Å². The number of aromatic nitrogens is 1. The highest BCUT2D eigenvalue weighted by Gasteiger charge is 2.36. The molecule has 6 nitrogen and oxygen atoms in total. The maximum Gasteiger partial charge on any atom is 0.323 e. The number of aliphatic carboxylic acids is 1. The molecule has 2 aromatic carbocycles. The van der Waals surface area contributed by atoms with Crippen LogP contribution >= 0.6 is 11.3 Å². The second-order valence-electron chi connectivity index (χ2n) is 8.33. The molecule has 1 aliphatic heterocycles. The SMILES string of the molecule is O=C(O)CN1CCC2C1=CCCC2CCOc1ccc(Oc2nc3ccccc3s2)cc1. The molecule has 0 amide bonds. The number of carbonyl (C=O) groups is 1. The van der Waals surface area contributed by atoms with Gasteiger partial charge in [0.25, 0.3) is 5.19 Å². The monoisotopic (exact) mass is 450 g/mol. The minimum absolute atomic E-state index is 0.108. The van der Waals surface area contributed by atoms with Gasteiger partial charge >= 0.3 is 5.97 Å². The Labute approximate surface area is 191 Å². The third-order valence-electron chi connectivity index (χ3n) is 6.30. The minimum Gasteiger partial charge on any atom is -0.494 e. The molecular weight excluding hydrogens is 424 g/mol. The van der Waals surface area contributed by atoms with Gasteiger partial charge in [-0.3, -0.25) is 4.79 Å². The van der Waals surface area contributed by atoms with Gasteiger partial charge in [0.2, 0.25) is 0 Å². The first-order valence-electron chi connectivity index (χ1n) is 11.1. The van der Waals surface area contributed by atoms with Crippen molar-refractivity contribution in [1.82, 2.24) is 9.88 Å². The molecule has 0 bridgehead atoms. The van der Waals surface area contributed by atoms with E-state index in [1.807, 2.05) is 53.4 Å². The summed E-state index contributed by atoms with van der Waals surface area (Å²) in [7, 11) is 0. The summed E-state index contributed by atoms with van der Waals surface area (Å²) in [6.45, 7) is 1.61. The lowest BCUT2D eigenvalue weighted by atomic mass is 9.79. The van der Waals surface area contributed by atoms with Crippen LogP contribution in [0.5, 0.6) is 16.7 Å². The van der Waals surface area contributed by atoms with Gasteiger partial charge in [-0.25, -0.2) is 4.98 Å². The van der Waals surface area contributed by atoms with Crippen LogP contribution in [0.1, 0.15) is 25.7 Å². The fraction of sp³-hybridized carbons (Fsp3) is 0.360. The molecule has 166 valence electrons. The lowest BCUT2D eigenvalue weighted by molar-refractivity contribution is -0.137. The molecule has 1 aromatic heterocycles. The molecule has 0 radical (unpaired) electrons. The van der Waals surface area contributed by atoms with Gasteiger partial charge in [0.1, 0.15) is 18.0 Å². The Bertz CT molecular complexity index is 1090. The number of likely N-dealkylation sites (tertiary alicyclic amines) is 1. The second-order valence-corrected chi connectivity index (χ2v) is 9.33. The molecule has 0 spiro atoms. The minimum atomic E-state index is -0.757. The number of ether oxygens (including phenoxy) is 2. The zero-order valence-electron chi connectivity index (χ0n) is 17.8. The third kappa shape index (κ3) is 4.58. The van der Waals surface area contributed by atoms with E-state index in [0.29, 0.717) is 23.6 Å². The van der Waals surface area contributed by atoms with Crippen molar-refractivity contribution in [3.05, 3.63) is 60.3 Å². The molecule has 1 aliphatic carbocycles.